The molecule has 0 radical (unpaired) electrons. The molecule has 2 amide bonds. The Morgan fingerprint density at radius 1 is 1.13 bits per heavy atom. The van der Waals surface area contributed by atoms with Crippen molar-refractivity contribution in [3.8, 4) is 5.75 Å². The number of hydrogen-bond donors (Lipinski definition) is 1. The minimum atomic E-state index is -0.680. The molecule has 0 saturated heterocycles. The number of furan rings is 1. The second-order valence-electron chi connectivity index (χ2n) is 9.42. The highest BCUT2D eigenvalue weighted by Gasteiger charge is 2.34. The van der Waals surface area contributed by atoms with E-state index in [-0.39, 0.29) is 23.4 Å². The number of pyridine rings is 1. The lowest BCUT2D eigenvalue weighted by molar-refractivity contribution is -0.128. The van der Waals surface area contributed by atoms with Gasteiger partial charge in [0.1, 0.15) is 11.6 Å². The Bertz CT molecular complexity index is 1410. The number of fused-ring (bicyclic) bond motifs is 1. The molecule has 200 valence electrons. The first kappa shape index (κ1) is 26.2. The number of aromatic nitrogens is 1. The van der Waals surface area contributed by atoms with E-state index in [0.29, 0.717) is 38.1 Å². The Balaban J connectivity index is 1.37. The van der Waals surface area contributed by atoms with Crippen molar-refractivity contribution in [3.05, 3.63) is 119 Å². The van der Waals surface area contributed by atoms with Crippen LogP contribution in [0.25, 0.3) is 0 Å². The quantitative estimate of drug-likeness (QED) is 0.327. The molecule has 0 saturated carbocycles. The van der Waals surface area contributed by atoms with Gasteiger partial charge in [0, 0.05) is 31.4 Å². The largest absolute Gasteiger partial charge is 0.481 e. The van der Waals surface area contributed by atoms with Gasteiger partial charge in [-0.05, 0) is 78.1 Å². The Kier molecular flexibility index (Phi) is 8.01. The van der Waals surface area contributed by atoms with Crippen LogP contribution in [-0.2, 0) is 17.6 Å². The topological polar surface area (TPSA) is 84.7 Å². The number of amides is 2. The molecule has 2 unspecified atom stereocenters. The van der Waals surface area contributed by atoms with Crippen molar-refractivity contribution in [2.75, 3.05) is 13.1 Å². The summed E-state index contributed by atoms with van der Waals surface area (Å²) >= 11 is 0. The molecule has 4 aromatic rings. The number of halogens is 1. The van der Waals surface area contributed by atoms with E-state index in [9.17, 15) is 14.0 Å². The molecule has 5 rings (SSSR count). The molecule has 8 heteroatoms. The predicted molar refractivity (Wildman–Crippen MR) is 144 cm³/mol. The molecule has 1 aliphatic heterocycles. The molecule has 2 atom stereocenters. The average molecular weight is 528 g/mol. The number of nitrogens with one attached hydrogen (secondary N) is 1. The van der Waals surface area contributed by atoms with Crippen LogP contribution in [0.4, 0.5) is 4.39 Å². The summed E-state index contributed by atoms with van der Waals surface area (Å²) in [5.41, 5.74) is 3.61. The Hall–Kier alpha value is -4.46. The van der Waals surface area contributed by atoms with Gasteiger partial charge in [0.25, 0.3) is 11.8 Å². The number of carbonyl (C=O) groups excluding carboxylic acids is 2. The second-order valence-corrected chi connectivity index (χ2v) is 9.42. The van der Waals surface area contributed by atoms with Crippen LogP contribution < -0.4 is 10.1 Å². The van der Waals surface area contributed by atoms with Crippen LogP contribution >= 0.6 is 0 Å². The monoisotopic (exact) mass is 527 g/mol. The van der Waals surface area contributed by atoms with Gasteiger partial charge in [-0.25, -0.2) is 4.39 Å². The highest BCUT2D eigenvalue weighted by molar-refractivity contribution is 5.92. The van der Waals surface area contributed by atoms with Crippen molar-refractivity contribution in [2.45, 2.75) is 38.3 Å². The van der Waals surface area contributed by atoms with Gasteiger partial charge < -0.3 is 19.4 Å². The van der Waals surface area contributed by atoms with Gasteiger partial charge in [0.05, 0.1) is 12.3 Å². The molecule has 7 nitrogen and oxygen atoms in total. The summed E-state index contributed by atoms with van der Waals surface area (Å²) in [7, 11) is 0. The van der Waals surface area contributed by atoms with Gasteiger partial charge in [-0.15, -0.1) is 0 Å². The zero-order chi connectivity index (χ0) is 27.2. The molecule has 2 aromatic carbocycles. The number of rotatable bonds is 9. The molecule has 0 spiro atoms. The molecule has 1 N–H and O–H groups in total. The number of ether oxygens (including phenoxy) is 1. The average Bonchev–Trinajstić information content (AvgIpc) is 3.51. The third-order valence-electron chi connectivity index (χ3n) is 6.87. The number of hydrogen-bond acceptors (Lipinski definition) is 5. The lowest BCUT2D eigenvalue weighted by Gasteiger charge is -2.37. The maximum atomic E-state index is 13.8. The predicted octanol–water partition coefficient (Wildman–Crippen LogP) is 5.12. The SMILES string of the molecule is CCC(Oc1ccc2c(c1)C(c1ccc(F)cc1)N(C(=O)c1ccco1)CC2)C(=O)NCCc1ccccn1. The minimum absolute atomic E-state index is 0.198. The lowest BCUT2D eigenvalue weighted by atomic mass is 9.87. The lowest BCUT2D eigenvalue weighted by Crippen LogP contribution is -2.41. The summed E-state index contributed by atoms with van der Waals surface area (Å²) in [6, 6.07) is 20.4. The molecule has 2 aromatic heterocycles. The van der Waals surface area contributed by atoms with E-state index in [2.05, 4.69) is 10.3 Å². The van der Waals surface area contributed by atoms with Crippen molar-refractivity contribution in [1.82, 2.24) is 15.2 Å². The molecule has 1 aliphatic rings. The number of benzene rings is 2. The van der Waals surface area contributed by atoms with Gasteiger partial charge >= 0.3 is 0 Å². The van der Waals surface area contributed by atoms with E-state index in [1.165, 1.54) is 18.4 Å². The second kappa shape index (κ2) is 11.9. The highest BCUT2D eigenvalue weighted by Crippen LogP contribution is 2.38. The van der Waals surface area contributed by atoms with Crippen molar-refractivity contribution in [2.24, 2.45) is 0 Å². The normalized spacial score (nSPS) is 15.3. The van der Waals surface area contributed by atoms with Crippen molar-refractivity contribution in [1.29, 1.82) is 0 Å². The van der Waals surface area contributed by atoms with Crippen LogP contribution in [0.1, 0.15) is 52.3 Å². The standard InChI is InChI=1S/C31H30FN3O4/c1-2-27(30(36)34-17-14-24-6-3-4-16-33-24)39-25-13-10-21-15-18-35(31(37)28-7-5-19-38-28)29(26(21)20-25)22-8-11-23(32)12-9-22/h3-13,16,19-20,27,29H,2,14-15,17-18H2,1H3,(H,34,36). The van der Waals surface area contributed by atoms with Crippen molar-refractivity contribution < 1.29 is 23.1 Å². The molecule has 0 aliphatic carbocycles. The molecular formula is C31H30FN3O4. The van der Waals surface area contributed by atoms with Crippen LogP contribution in [0.15, 0.2) is 89.7 Å². The third kappa shape index (κ3) is 6.00. The van der Waals surface area contributed by atoms with E-state index >= 15 is 0 Å². The molecule has 3 heterocycles. The number of nitrogens with zero attached hydrogens (tertiary/aromatic N) is 2. The minimum Gasteiger partial charge on any atom is -0.481 e. The molecule has 0 fully saturated rings. The van der Waals surface area contributed by atoms with E-state index in [1.807, 2.05) is 43.3 Å². The van der Waals surface area contributed by atoms with Crippen molar-refractivity contribution in [3.63, 3.8) is 0 Å². The van der Waals surface area contributed by atoms with E-state index in [4.69, 9.17) is 9.15 Å². The van der Waals surface area contributed by atoms with Gasteiger partial charge in [0.15, 0.2) is 11.9 Å². The smallest absolute Gasteiger partial charge is 0.290 e. The van der Waals surface area contributed by atoms with Crippen molar-refractivity contribution >= 4 is 11.8 Å². The van der Waals surface area contributed by atoms with E-state index < -0.39 is 12.1 Å². The molecular weight excluding hydrogens is 497 g/mol. The zero-order valence-electron chi connectivity index (χ0n) is 21.7. The van der Waals surface area contributed by atoms with Gasteiger partial charge in [-0.3, -0.25) is 14.6 Å². The Labute approximate surface area is 226 Å². The summed E-state index contributed by atoms with van der Waals surface area (Å²) in [6.07, 6.45) is 4.27. The maximum absolute atomic E-state index is 13.8. The first-order chi connectivity index (χ1) is 19.0. The van der Waals surface area contributed by atoms with Crippen LogP contribution in [0, 0.1) is 5.82 Å². The summed E-state index contributed by atoms with van der Waals surface area (Å²) in [5.74, 6) is -0.0252. The Morgan fingerprint density at radius 2 is 1.97 bits per heavy atom. The summed E-state index contributed by atoms with van der Waals surface area (Å²) in [6.45, 7) is 2.83. The first-order valence-electron chi connectivity index (χ1n) is 13.1. The zero-order valence-corrected chi connectivity index (χ0v) is 21.7. The van der Waals surface area contributed by atoms with Gasteiger partial charge in [-0.2, -0.15) is 0 Å². The summed E-state index contributed by atoms with van der Waals surface area (Å²) in [5, 5.41) is 2.94. The fraction of sp³-hybridized carbons (Fsp3) is 0.258. The van der Waals surface area contributed by atoms with Crippen LogP contribution in [-0.4, -0.2) is 40.9 Å². The maximum Gasteiger partial charge on any atom is 0.290 e. The molecule has 0 bridgehead atoms. The fourth-order valence-electron chi connectivity index (χ4n) is 4.89. The van der Waals surface area contributed by atoms with Gasteiger partial charge in [0.2, 0.25) is 0 Å². The fourth-order valence-corrected chi connectivity index (χ4v) is 4.89. The van der Waals surface area contributed by atoms with E-state index in [1.54, 1.807) is 35.4 Å². The van der Waals surface area contributed by atoms with Gasteiger partial charge in [-0.1, -0.05) is 31.2 Å². The summed E-state index contributed by atoms with van der Waals surface area (Å²) in [4.78, 5) is 32.3. The first-order valence-corrected chi connectivity index (χ1v) is 13.1. The molecule has 39 heavy (non-hydrogen) atoms. The van der Waals surface area contributed by atoms with Crippen LogP contribution in [0.3, 0.4) is 0 Å². The highest BCUT2D eigenvalue weighted by atomic mass is 19.1. The number of carbonyl (C=O) groups is 2. The van der Waals surface area contributed by atoms with Crippen LogP contribution in [0.2, 0.25) is 0 Å². The Morgan fingerprint density at radius 3 is 2.69 bits per heavy atom. The van der Waals surface area contributed by atoms with Crippen LogP contribution in [0.5, 0.6) is 5.75 Å². The van der Waals surface area contributed by atoms with E-state index in [0.717, 1.165) is 22.4 Å². The third-order valence-corrected chi connectivity index (χ3v) is 6.87. The summed E-state index contributed by atoms with van der Waals surface area (Å²) < 4.78 is 25.3.